The van der Waals surface area contributed by atoms with Crippen LogP contribution < -0.4 is 0 Å². The molecule has 0 radical (unpaired) electrons. The molecule has 16 heavy (non-hydrogen) atoms. The lowest BCUT2D eigenvalue weighted by atomic mass is 9.91. The molecule has 0 bridgehead atoms. The number of nitrogens with zero attached hydrogens (tertiary/aromatic N) is 2. The maximum atomic E-state index is 8.92. The minimum absolute atomic E-state index is 0.197. The van der Waals surface area contributed by atoms with Crippen molar-refractivity contribution in [3.05, 3.63) is 22.4 Å². The largest absolute Gasteiger partial charge is 0.306 e. The topological polar surface area (TPSA) is 27.0 Å². The van der Waals surface area contributed by atoms with Crippen molar-refractivity contribution in [3.63, 3.8) is 0 Å². The van der Waals surface area contributed by atoms with Crippen LogP contribution in [0.5, 0.6) is 0 Å². The molecule has 0 aromatic carbocycles. The van der Waals surface area contributed by atoms with E-state index in [9.17, 15) is 0 Å². The van der Waals surface area contributed by atoms with E-state index in [0.717, 1.165) is 25.9 Å². The third kappa shape index (κ3) is 4.78. The zero-order valence-electron chi connectivity index (χ0n) is 10.4. The summed E-state index contributed by atoms with van der Waals surface area (Å²) in [6, 6.07) is 6.62. The SMILES string of the molecule is CN(CCc1cccs1)CCC(C)(C)C#N. The second-order valence-corrected chi connectivity index (χ2v) is 5.91. The molecular formula is C13H20N2S. The highest BCUT2D eigenvalue weighted by molar-refractivity contribution is 7.09. The highest BCUT2D eigenvalue weighted by Gasteiger charge is 2.16. The average Bonchev–Trinajstić information content (AvgIpc) is 2.76. The molecule has 0 N–H and O–H groups in total. The van der Waals surface area contributed by atoms with Crippen LogP contribution in [0.1, 0.15) is 25.1 Å². The molecule has 0 saturated heterocycles. The molecule has 1 aromatic rings. The third-order valence-corrected chi connectivity index (χ3v) is 3.68. The van der Waals surface area contributed by atoms with Gasteiger partial charge >= 0.3 is 0 Å². The van der Waals surface area contributed by atoms with E-state index in [0.29, 0.717) is 0 Å². The quantitative estimate of drug-likeness (QED) is 0.758. The van der Waals surface area contributed by atoms with Crippen molar-refractivity contribution in [1.29, 1.82) is 5.26 Å². The molecule has 0 fully saturated rings. The number of hydrogen-bond acceptors (Lipinski definition) is 3. The minimum Gasteiger partial charge on any atom is -0.306 e. The molecule has 0 saturated carbocycles. The van der Waals surface area contributed by atoms with Gasteiger partial charge in [-0.3, -0.25) is 0 Å². The summed E-state index contributed by atoms with van der Waals surface area (Å²) in [5.41, 5.74) is -0.197. The van der Waals surface area contributed by atoms with Crippen molar-refractivity contribution in [2.45, 2.75) is 26.7 Å². The van der Waals surface area contributed by atoms with Gasteiger partial charge in [0.25, 0.3) is 0 Å². The zero-order valence-corrected chi connectivity index (χ0v) is 11.2. The molecule has 2 nitrogen and oxygen atoms in total. The number of likely N-dealkylation sites (N-methyl/N-ethyl adjacent to an activating group) is 1. The second kappa shape index (κ2) is 6.03. The van der Waals surface area contributed by atoms with Crippen LogP contribution >= 0.6 is 11.3 Å². The fraction of sp³-hybridized carbons (Fsp3) is 0.615. The van der Waals surface area contributed by atoms with Crippen LogP contribution in [-0.2, 0) is 6.42 Å². The maximum Gasteiger partial charge on any atom is 0.0684 e. The first-order chi connectivity index (χ1) is 7.53. The Hall–Kier alpha value is -0.850. The number of hydrogen-bond donors (Lipinski definition) is 0. The number of thiophene rings is 1. The Bertz CT molecular complexity index is 335. The van der Waals surface area contributed by atoms with E-state index in [2.05, 4.69) is 35.5 Å². The molecule has 0 aliphatic carbocycles. The smallest absolute Gasteiger partial charge is 0.0684 e. The molecule has 1 heterocycles. The van der Waals surface area contributed by atoms with E-state index in [-0.39, 0.29) is 5.41 Å². The highest BCUT2D eigenvalue weighted by atomic mass is 32.1. The Morgan fingerprint density at radius 3 is 2.75 bits per heavy atom. The molecule has 0 aliphatic rings. The summed E-state index contributed by atoms with van der Waals surface area (Å²) in [5.74, 6) is 0. The van der Waals surface area contributed by atoms with E-state index in [4.69, 9.17) is 5.26 Å². The van der Waals surface area contributed by atoms with Crippen LogP contribution in [0.15, 0.2) is 17.5 Å². The minimum atomic E-state index is -0.197. The van der Waals surface area contributed by atoms with Crippen molar-refractivity contribution < 1.29 is 0 Å². The van der Waals surface area contributed by atoms with Crippen LogP contribution in [0.25, 0.3) is 0 Å². The molecule has 0 unspecified atom stereocenters. The van der Waals surface area contributed by atoms with Gasteiger partial charge in [0.05, 0.1) is 11.5 Å². The van der Waals surface area contributed by atoms with E-state index in [1.165, 1.54) is 4.88 Å². The van der Waals surface area contributed by atoms with Gasteiger partial charge < -0.3 is 4.90 Å². The summed E-state index contributed by atoms with van der Waals surface area (Å²) in [5, 5.41) is 11.0. The van der Waals surface area contributed by atoms with Crippen molar-refractivity contribution in [3.8, 4) is 6.07 Å². The summed E-state index contributed by atoms with van der Waals surface area (Å²) >= 11 is 1.81. The second-order valence-electron chi connectivity index (χ2n) is 4.88. The number of nitriles is 1. The molecule has 1 aromatic heterocycles. The molecule has 0 aliphatic heterocycles. The van der Waals surface area contributed by atoms with Crippen molar-refractivity contribution in [2.75, 3.05) is 20.1 Å². The van der Waals surface area contributed by atoms with E-state index < -0.39 is 0 Å². The lowest BCUT2D eigenvalue weighted by Gasteiger charge is -2.21. The summed E-state index contributed by atoms with van der Waals surface area (Å²) in [7, 11) is 2.13. The summed E-state index contributed by atoms with van der Waals surface area (Å²) < 4.78 is 0. The molecule has 1 rings (SSSR count). The average molecular weight is 236 g/mol. The highest BCUT2D eigenvalue weighted by Crippen LogP contribution is 2.18. The normalized spacial score (nSPS) is 11.7. The lowest BCUT2D eigenvalue weighted by molar-refractivity contribution is 0.290. The third-order valence-electron chi connectivity index (χ3n) is 2.74. The van der Waals surface area contributed by atoms with Gasteiger partial charge in [-0.05, 0) is 51.7 Å². The Kier molecular flexibility index (Phi) is 4.98. The number of rotatable bonds is 6. The molecule has 88 valence electrons. The van der Waals surface area contributed by atoms with Gasteiger partial charge in [-0.1, -0.05) is 6.07 Å². The Morgan fingerprint density at radius 1 is 1.44 bits per heavy atom. The zero-order chi connectivity index (χ0) is 12.0. The molecular weight excluding hydrogens is 216 g/mol. The Labute approximate surface area is 103 Å². The van der Waals surface area contributed by atoms with Crippen LogP contribution in [0.2, 0.25) is 0 Å². The monoisotopic (exact) mass is 236 g/mol. The first kappa shape index (κ1) is 13.2. The van der Waals surface area contributed by atoms with Gasteiger partial charge in [0, 0.05) is 11.4 Å². The van der Waals surface area contributed by atoms with Crippen molar-refractivity contribution >= 4 is 11.3 Å². The Balaban J connectivity index is 2.22. The first-order valence-electron chi connectivity index (χ1n) is 5.66. The van der Waals surface area contributed by atoms with Crippen LogP contribution in [0.3, 0.4) is 0 Å². The van der Waals surface area contributed by atoms with Crippen molar-refractivity contribution in [1.82, 2.24) is 4.90 Å². The van der Waals surface area contributed by atoms with E-state index >= 15 is 0 Å². The first-order valence-corrected chi connectivity index (χ1v) is 6.54. The van der Waals surface area contributed by atoms with Crippen LogP contribution in [-0.4, -0.2) is 25.0 Å². The lowest BCUT2D eigenvalue weighted by Crippen LogP contribution is -2.26. The van der Waals surface area contributed by atoms with E-state index in [1.54, 1.807) is 0 Å². The summed E-state index contributed by atoms with van der Waals surface area (Å²) in [6.07, 6.45) is 2.05. The van der Waals surface area contributed by atoms with Gasteiger partial charge in [-0.2, -0.15) is 5.26 Å². The van der Waals surface area contributed by atoms with Gasteiger partial charge in [0.1, 0.15) is 0 Å². The van der Waals surface area contributed by atoms with Gasteiger partial charge in [0.2, 0.25) is 0 Å². The maximum absolute atomic E-state index is 8.92. The predicted molar refractivity (Wildman–Crippen MR) is 69.5 cm³/mol. The van der Waals surface area contributed by atoms with Gasteiger partial charge in [-0.25, -0.2) is 0 Å². The van der Waals surface area contributed by atoms with Crippen LogP contribution in [0.4, 0.5) is 0 Å². The van der Waals surface area contributed by atoms with Crippen LogP contribution in [0, 0.1) is 16.7 Å². The summed E-state index contributed by atoms with van der Waals surface area (Å²) in [6.45, 7) is 6.06. The summed E-state index contributed by atoms with van der Waals surface area (Å²) in [4.78, 5) is 3.74. The fourth-order valence-electron chi connectivity index (χ4n) is 1.39. The fourth-order valence-corrected chi connectivity index (χ4v) is 2.09. The standard InChI is InChI=1S/C13H20N2S/c1-13(2,11-14)7-9-15(3)8-6-12-5-4-10-16-12/h4-5,10H,6-9H2,1-3H3. The molecule has 0 spiro atoms. The molecule has 3 heteroatoms. The molecule has 0 atom stereocenters. The van der Waals surface area contributed by atoms with E-state index in [1.807, 2.05) is 25.2 Å². The Morgan fingerprint density at radius 2 is 2.19 bits per heavy atom. The predicted octanol–water partition coefficient (Wildman–Crippen LogP) is 3.16. The molecule has 0 amide bonds. The van der Waals surface area contributed by atoms with Crippen molar-refractivity contribution in [2.24, 2.45) is 5.41 Å². The van der Waals surface area contributed by atoms with Gasteiger partial charge in [-0.15, -0.1) is 11.3 Å². The van der Waals surface area contributed by atoms with Gasteiger partial charge in [0.15, 0.2) is 0 Å².